The average molecular weight is 306 g/mol. The van der Waals surface area contributed by atoms with Gasteiger partial charge >= 0.3 is 0 Å². The summed E-state index contributed by atoms with van der Waals surface area (Å²) in [5, 5.41) is 0.286. The molecule has 1 amide bonds. The molecule has 0 aliphatic carbocycles. The van der Waals surface area contributed by atoms with Gasteiger partial charge < -0.3 is 4.90 Å². The Balaban J connectivity index is 2.81. The van der Waals surface area contributed by atoms with E-state index < -0.39 is 5.82 Å². The molecule has 0 saturated heterocycles. The fourth-order valence-corrected chi connectivity index (χ4v) is 2.20. The van der Waals surface area contributed by atoms with E-state index in [2.05, 4.69) is 0 Å². The molecule has 0 radical (unpaired) electrons. The minimum absolute atomic E-state index is 0.0219. The van der Waals surface area contributed by atoms with E-state index in [0.29, 0.717) is 12.4 Å². The highest BCUT2D eigenvalue weighted by molar-refractivity contribution is 6.31. The van der Waals surface area contributed by atoms with Crippen LogP contribution < -0.4 is 0 Å². The summed E-state index contributed by atoms with van der Waals surface area (Å²) in [6, 6.07) is 4.49. The Morgan fingerprint density at radius 2 is 2.11 bits per heavy atom. The van der Waals surface area contributed by atoms with Crippen LogP contribution >= 0.6 is 23.2 Å². The van der Waals surface area contributed by atoms with Crippen molar-refractivity contribution < 1.29 is 9.18 Å². The highest BCUT2D eigenvalue weighted by Gasteiger charge is 2.19. The Hall–Kier alpha value is -0.800. The maximum atomic E-state index is 13.7. The van der Waals surface area contributed by atoms with Gasteiger partial charge in [0.25, 0.3) is 0 Å². The fourth-order valence-electron chi connectivity index (χ4n) is 1.85. The van der Waals surface area contributed by atoms with E-state index >= 15 is 0 Å². The van der Waals surface area contributed by atoms with Gasteiger partial charge in [-0.2, -0.15) is 0 Å². The molecule has 0 bridgehead atoms. The first-order valence-electron chi connectivity index (χ1n) is 6.25. The van der Waals surface area contributed by atoms with Gasteiger partial charge in [-0.25, -0.2) is 4.39 Å². The standard InChI is InChI=1S/C14H18Cl2FNO/c1-10(2)18(8-4-7-15)14(19)9-11-12(16)5-3-6-13(11)17/h3,5-6,10H,4,7-9H2,1-2H3. The number of carbonyl (C=O) groups is 1. The lowest BCUT2D eigenvalue weighted by atomic mass is 10.1. The average Bonchev–Trinajstić information content (AvgIpc) is 2.34. The predicted octanol–water partition coefficient (Wildman–Crippen LogP) is 3.89. The third-order valence-electron chi connectivity index (χ3n) is 2.87. The molecule has 2 nitrogen and oxygen atoms in total. The molecule has 0 spiro atoms. The monoisotopic (exact) mass is 305 g/mol. The smallest absolute Gasteiger partial charge is 0.227 e. The van der Waals surface area contributed by atoms with Gasteiger partial charge in [-0.15, -0.1) is 11.6 Å². The van der Waals surface area contributed by atoms with Crippen LogP contribution in [0.15, 0.2) is 18.2 Å². The SMILES string of the molecule is CC(C)N(CCCCl)C(=O)Cc1c(F)cccc1Cl. The topological polar surface area (TPSA) is 20.3 Å². The summed E-state index contributed by atoms with van der Waals surface area (Å²) in [5.41, 5.74) is 0.255. The van der Waals surface area contributed by atoms with Crippen molar-refractivity contribution in [3.05, 3.63) is 34.6 Å². The molecular formula is C14H18Cl2FNO. The zero-order valence-electron chi connectivity index (χ0n) is 11.1. The molecule has 0 atom stereocenters. The van der Waals surface area contributed by atoms with Crippen LogP contribution in [0.2, 0.25) is 5.02 Å². The second-order valence-electron chi connectivity index (χ2n) is 4.60. The second-order valence-corrected chi connectivity index (χ2v) is 5.39. The first-order chi connectivity index (χ1) is 8.97. The Morgan fingerprint density at radius 3 is 2.63 bits per heavy atom. The molecule has 1 aromatic carbocycles. The van der Waals surface area contributed by atoms with E-state index in [1.807, 2.05) is 13.8 Å². The van der Waals surface area contributed by atoms with Crippen molar-refractivity contribution in [3.8, 4) is 0 Å². The van der Waals surface area contributed by atoms with Crippen LogP contribution in [0.4, 0.5) is 4.39 Å². The minimum Gasteiger partial charge on any atom is -0.340 e. The van der Waals surface area contributed by atoms with Crippen molar-refractivity contribution in [1.29, 1.82) is 0 Å². The minimum atomic E-state index is -0.443. The number of hydrogen-bond donors (Lipinski definition) is 0. The van der Waals surface area contributed by atoms with Gasteiger partial charge in [0, 0.05) is 29.1 Å². The third-order valence-corrected chi connectivity index (χ3v) is 3.49. The van der Waals surface area contributed by atoms with Crippen LogP contribution in [0, 0.1) is 5.82 Å². The molecule has 0 N–H and O–H groups in total. The number of carbonyl (C=O) groups excluding carboxylic acids is 1. The van der Waals surface area contributed by atoms with Gasteiger partial charge in [0.05, 0.1) is 6.42 Å². The van der Waals surface area contributed by atoms with Crippen molar-refractivity contribution >= 4 is 29.1 Å². The lowest BCUT2D eigenvalue weighted by Crippen LogP contribution is -2.39. The lowest BCUT2D eigenvalue weighted by Gasteiger charge is -2.26. The number of benzene rings is 1. The summed E-state index contributed by atoms with van der Waals surface area (Å²) < 4.78 is 13.7. The maximum Gasteiger partial charge on any atom is 0.227 e. The van der Waals surface area contributed by atoms with Crippen LogP contribution in [-0.2, 0) is 11.2 Å². The van der Waals surface area contributed by atoms with Gasteiger partial charge in [-0.05, 0) is 32.4 Å². The number of halogens is 3. The first kappa shape index (κ1) is 16.3. The number of amides is 1. The zero-order valence-corrected chi connectivity index (χ0v) is 12.6. The number of nitrogens with zero attached hydrogens (tertiary/aromatic N) is 1. The summed E-state index contributed by atoms with van der Waals surface area (Å²) in [6.07, 6.45) is 0.697. The molecule has 106 valence electrons. The van der Waals surface area contributed by atoms with E-state index in [1.54, 1.807) is 11.0 Å². The highest BCUT2D eigenvalue weighted by Crippen LogP contribution is 2.20. The van der Waals surface area contributed by atoms with Gasteiger partial charge in [-0.1, -0.05) is 17.7 Å². The Labute approximate surface area is 123 Å². The molecule has 19 heavy (non-hydrogen) atoms. The molecule has 0 fully saturated rings. The van der Waals surface area contributed by atoms with Crippen molar-refractivity contribution in [1.82, 2.24) is 4.90 Å². The van der Waals surface area contributed by atoms with E-state index in [-0.39, 0.29) is 29.0 Å². The molecule has 0 aliphatic rings. The second kappa shape index (κ2) is 7.71. The number of hydrogen-bond acceptors (Lipinski definition) is 1. The molecule has 0 unspecified atom stereocenters. The largest absolute Gasteiger partial charge is 0.340 e. The number of rotatable bonds is 6. The summed E-state index contributed by atoms with van der Waals surface area (Å²) in [4.78, 5) is 13.9. The van der Waals surface area contributed by atoms with Crippen LogP contribution in [0.5, 0.6) is 0 Å². The zero-order chi connectivity index (χ0) is 14.4. The van der Waals surface area contributed by atoms with Crippen LogP contribution in [-0.4, -0.2) is 29.3 Å². The summed E-state index contributed by atoms with van der Waals surface area (Å²) in [6.45, 7) is 4.43. The fraction of sp³-hybridized carbons (Fsp3) is 0.500. The van der Waals surface area contributed by atoms with Crippen LogP contribution in [0.3, 0.4) is 0 Å². The summed E-state index contributed by atoms with van der Waals surface area (Å²) in [7, 11) is 0. The molecule has 1 aromatic rings. The van der Waals surface area contributed by atoms with Crippen LogP contribution in [0.25, 0.3) is 0 Å². The Morgan fingerprint density at radius 1 is 1.42 bits per heavy atom. The summed E-state index contributed by atoms with van der Waals surface area (Å²) in [5.74, 6) is -0.0780. The molecule has 0 aromatic heterocycles. The Bertz CT molecular complexity index is 417. The molecule has 5 heteroatoms. The lowest BCUT2D eigenvalue weighted by molar-refractivity contribution is -0.132. The molecule has 0 heterocycles. The van der Waals surface area contributed by atoms with E-state index in [9.17, 15) is 9.18 Å². The van der Waals surface area contributed by atoms with Gasteiger partial charge in [0.15, 0.2) is 0 Å². The number of alkyl halides is 1. The van der Waals surface area contributed by atoms with E-state index in [4.69, 9.17) is 23.2 Å². The first-order valence-corrected chi connectivity index (χ1v) is 7.17. The summed E-state index contributed by atoms with van der Waals surface area (Å²) >= 11 is 11.6. The maximum absolute atomic E-state index is 13.7. The quantitative estimate of drug-likeness (QED) is 0.730. The molecular weight excluding hydrogens is 288 g/mol. The van der Waals surface area contributed by atoms with Crippen molar-refractivity contribution in [3.63, 3.8) is 0 Å². The van der Waals surface area contributed by atoms with Crippen molar-refractivity contribution in [2.45, 2.75) is 32.7 Å². The van der Waals surface area contributed by atoms with Gasteiger partial charge in [0.2, 0.25) is 5.91 Å². The highest BCUT2D eigenvalue weighted by atomic mass is 35.5. The van der Waals surface area contributed by atoms with Crippen LogP contribution in [0.1, 0.15) is 25.8 Å². The van der Waals surface area contributed by atoms with Gasteiger partial charge in [-0.3, -0.25) is 4.79 Å². The third kappa shape index (κ3) is 4.66. The normalized spacial score (nSPS) is 10.8. The molecule has 0 saturated carbocycles. The van der Waals surface area contributed by atoms with E-state index in [1.165, 1.54) is 12.1 Å². The Kier molecular flexibility index (Phi) is 6.59. The van der Waals surface area contributed by atoms with Gasteiger partial charge in [0.1, 0.15) is 5.82 Å². The molecule has 1 rings (SSSR count). The van der Waals surface area contributed by atoms with Crippen molar-refractivity contribution in [2.75, 3.05) is 12.4 Å². The predicted molar refractivity (Wildman–Crippen MR) is 77.3 cm³/mol. The van der Waals surface area contributed by atoms with Crippen molar-refractivity contribution in [2.24, 2.45) is 0 Å². The molecule has 0 aliphatic heterocycles. The van der Waals surface area contributed by atoms with E-state index in [0.717, 1.165) is 6.42 Å².